The quantitative estimate of drug-likeness (QED) is 0.934. The second kappa shape index (κ2) is 5.10. The molecule has 1 atom stereocenters. The average Bonchev–Trinajstić information content (AvgIpc) is 3.09. The molecule has 1 unspecified atom stereocenters. The highest BCUT2D eigenvalue weighted by molar-refractivity contribution is 5.78. The van der Waals surface area contributed by atoms with Crippen molar-refractivity contribution in [2.75, 3.05) is 6.54 Å². The Morgan fingerprint density at radius 2 is 2.13 bits per heavy atom. The Morgan fingerprint density at radius 1 is 1.35 bits per heavy atom. The van der Waals surface area contributed by atoms with Crippen molar-refractivity contribution in [3.05, 3.63) is 53.6 Å². The van der Waals surface area contributed by atoms with Crippen LogP contribution in [0.5, 0.6) is 0 Å². The lowest BCUT2D eigenvalue weighted by Crippen LogP contribution is -2.31. The van der Waals surface area contributed by atoms with Gasteiger partial charge in [0.2, 0.25) is 0 Å². The van der Waals surface area contributed by atoms with Crippen molar-refractivity contribution in [3.63, 3.8) is 0 Å². The molecule has 2 aliphatic heterocycles. The Balaban J connectivity index is 1.59. The number of aromatic nitrogens is 2. The first-order chi connectivity index (χ1) is 11.1. The highest BCUT2D eigenvalue weighted by atomic mass is 16.7. The van der Waals surface area contributed by atoms with Gasteiger partial charge in [-0.05, 0) is 5.56 Å². The Labute approximate surface area is 131 Å². The van der Waals surface area contributed by atoms with Crippen LogP contribution in [0.3, 0.4) is 0 Å². The average molecular weight is 314 g/mol. The van der Waals surface area contributed by atoms with Gasteiger partial charge < -0.3 is 10.0 Å². The van der Waals surface area contributed by atoms with E-state index >= 15 is 0 Å². The van der Waals surface area contributed by atoms with Gasteiger partial charge in [0.25, 0.3) is 0 Å². The molecule has 0 radical (unpaired) electrons. The molecule has 8 heteroatoms. The molecule has 2 aromatic rings. The summed E-state index contributed by atoms with van der Waals surface area (Å²) in [5, 5.41) is 10.5. The summed E-state index contributed by atoms with van der Waals surface area (Å²) >= 11 is 0. The minimum Gasteiger partial charge on any atom is -0.464 e. The van der Waals surface area contributed by atoms with E-state index in [9.17, 15) is 14.7 Å². The number of fused-ring (bicyclic) bond motifs is 4. The lowest BCUT2D eigenvalue weighted by atomic mass is 10.1. The monoisotopic (exact) mass is 314 g/mol. The van der Waals surface area contributed by atoms with E-state index in [1.54, 1.807) is 4.90 Å². The molecule has 23 heavy (non-hydrogen) atoms. The van der Waals surface area contributed by atoms with Gasteiger partial charge in [0.05, 0.1) is 24.5 Å². The SMILES string of the molecule is O=C1N2Cc3c(ncn3C(=O)O)C(C2)N1OCc1ccccc1. The van der Waals surface area contributed by atoms with Crippen LogP contribution < -0.4 is 0 Å². The molecule has 2 bridgehead atoms. The number of carbonyl (C=O) groups is 2. The third-order valence-electron chi connectivity index (χ3n) is 4.11. The first kappa shape index (κ1) is 13.8. The van der Waals surface area contributed by atoms with Gasteiger partial charge in [-0.2, -0.15) is 5.06 Å². The van der Waals surface area contributed by atoms with Crippen LogP contribution in [-0.2, 0) is 18.0 Å². The molecule has 1 aromatic carbocycles. The first-order valence-corrected chi connectivity index (χ1v) is 7.19. The fraction of sp³-hybridized carbons (Fsp3) is 0.267. The minimum atomic E-state index is -1.11. The first-order valence-electron chi connectivity index (χ1n) is 7.19. The number of hydrogen-bond donors (Lipinski definition) is 1. The van der Waals surface area contributed by atoms with Gasteiger partial charge >= 0.3 is 12.1 Å². The molecule has 118 valence electrons. The number of imidazole rings is 1. The molecule has 4 rings (SSSR count). The van der Waals surface area contributed by atoms with Gasteiger partial charge in [-0.15, -0.1) is 0 Å². The Morgan fingerprint density at radius 3 is 2.87 bits per heavy atom. The van der Waals surface area contributed by atoms with Crippen LogP contribution in [0.25, 0.3) is 0 Å². The minimum absolute atomic E-state index is 0.224. The summed E-state index contributed by atoms with van der Waals surface area (Å²) in [5.41, 5.74) is 2.06. The summed E-state index contributed by atoms with van der Waals surface area (Å²) in [6.45, 7) is 0.950. The van der Waals surface area contributed by atoms with Gasteiger partial charge in [0.1, 0.15) is 19.0 Å². The zero-order valence-corrected chi connectivity index (χ0v) is 12.1. The molecule has 0 spiro atoms. The molecule has 2 amide bonds. The summed E-state index contributed by atoms with van der Waals surface area (Å²) in [4.78, 5) is 35.0. The van der Waals surface area contributed by atoms with Crippen molar-refractivity contribution >= 4 is 12.1 Å². The lowest BCUT2D eigenvalue weighted by molar-refractivity contribution is -0.142. The fourth-order valence-electron chi connectivity index (χ4n) is 3.00. The number of amides is 2. The van der Waals surface area contributed by atoms with Crippen molar-refractivity contribution in [1.82, 2.24) is 19.5 Å². The zero-order valence-electron chi connectivity index (χ0n) is 12.1. The molecule has 2 aliphatic rings. The number of benzene rings is 1. The normalized spacial score (nSPS) is 19.1. The number of rotatable bonds is 3. The van der Waals surface area contributed by atoms with Crippen LogP contribution in [0, 0.1) is 0 Å². The van der Waals surface area contributed by atoms with E-state index < -0.39 is 6.09 Å². The standard InChI is InChI=1S/C15H14N4O4/c20-14-17-6-11-13(16-9-18(11)15(21)22)12(7-17)19(14)23-8-10-4-2-1-3-5-10/h1-5,9,12H,6-8H2,(H,21,22). The largest absolute Gasteiger partial charge is 0.464 e. The lowest BCUT2D eigenvalue weighted by Gasteiger charge is -2.22. The molecule has 0 saturated carbocycles. The Bertz CT molecular complexity index is 773. The maximum absolute atomic E-state index is 12.4. The maximum atomic E-state index is 12.4. The molecule has 1 saturated heterocycles. The van der Waals surface area contributed by atoms with E-state index in [-0.39, 0.29) is 25.2 Å². The van der Waals surface area contributed by atoms with Crippen LogP contribution in [-0.4, -0.2) is 43.3 Å². The fourth-order valence-corrected chi connectivity index (χ4v) is 3.00. The van der Waals surface area contributed by atoms with Gasteiger partial charge in [-0.1, -0.05) is 30.3 Å². The number of carboxylic acid groups (broad SMARTS) is 1. The van der Waals surface area contributed by atoms with Gasteiger partial charge in [-0.3, -0.25) is 4.84 Å². The summed E-state index contributed by atoms with van der Waals surface area (Å²) in [7, 11) is 0. The molecule has 0 aliphatic carbocycles. The van der Waals surface area contributed by atoms with Crippen molar-refractivity contribution in [2.45, 2.75) is 19.2 Å². The van der Waals surface area contributed by atoms with Gasteiger partial charge in [-0.25, -0.2) is 19.1 Å². The van der Waals surface area contributed by atoms with Gasteiger partial charge in [0.15, 0.2) is 0 Å². The molecule has 8 nitrogen and oxygen atoms in total. The summed E-state index contributed by atoms with van der Waals surface area (Å²) in [6.07, 6.45) is 0.166. The number of carbonyl (C=O) groups excluding carboxylic acids is 1. The Kier molecular flexibility index (Phi) is 3.05. The third kappa shape index (κ3) is 2.15. The van der Waals surface area contributed by atoms with Crippen molar-refractivity contribution in [3.8, 4) is 0 Å². The van der Waals surface area contributed by atoms with Crippen LogP contribution in [0.2, 0.25) is 0 Å². The molecule has 3 heterocycles. The molecule has 1 aromatic heterocycles. The predicted octanol–water partition coefficient (Wildman–Crippen LogP) is 1.83. The summed E-state index contributed by atoms with van der Waals surface area (Å²) < 4.78 is 1.06. The van der Waals surface area contributed by atoms with E-state index in [1.165, 1.54) is 11.4 Å². The third-order valence-corrected chi connectivity index (χ3v) is 4.11. The highest BCUT2D eigenvalue weighted by Crippen LogP contribution is 2.37. The smallest absolute Gasteiger partial charge is 0.417 e. The van der Waals surface area contributed by atoms with E-state index in [4.69, 9.17) is 4.84 Å². The zero-order chi connectivity index (χ0) is 16.0. The van der Waals surface area contributed by atoms with E-state index in [1.807, 2.05) is 30.3 Å². The van der Waals surface area contributed by atoms with Gasteiger partial charge in [0, 0.05) is 0 Å². The molecule has 1 N–H and O–H groups in total. The van der Waals surface area contributed by atoms with Crippen LogP contribution in [0.4, 0.5) is 9.59 Å². The Hall–Kier alpha value is -2.87. The maximum Gasteiger partial charge on any atom is 0.417 e. The molecule has 1 fully saturated rings. The van der Waals surface area contributed by atoms with E-state index in [0.29, 0.717) is 17.9 Å². The van der Waals surface area contributed by atoms with Crippen LogP contribution in [0.15, 0.2) is 36.7 Å². The topological polar surface area (TPSA) is 87.9 Å². The van der Waals surface area contributed by atoms with Crippen LogP contribution in [0.1, 0.15) is 23.0 Å². The number of hydroxylamine groups is 2. The molecular weight excluding hydrogens is 300 g/mol. The number of hydrogen-bond acceptors (Lipinski definition) is 4. The predicted molar refractivity (Wildman–Crippen MR) is 77.3 cm³/mol. The van der Waals surface area contributed by atoms with Crippen LogP contribution >= 0.6 is 0 Å². The summed E-state index contributed by atoms with van der Waals surface area (Å²) in [5.74, 6) is 0. The van der Waals surface area contributed by atoms with E-state index in [2.05, 4.69) is 4.98 Å². The summed E-state index contributed by atoms with van der Waals surface area (Å²) in [6, 6.07) is 8.90. The second-order valence-electron chi connectivity index (χ2n) is 5.49. The van der Waals surface area contributed by atoms with E-state index in [0.717, 1.165) is 10.1 Å². The number of nitrogens with zero attached hydrogens (tertiary/aromatic N) is 4. The highest BCUT2D eigenvalue weighted by Gasteiger charge is 2.46. The second-order valence-corrected chi connectivity index (χ2v) is 5.49. The van der Waals surface area contributed by atoms with Crippen molar-refractivity contribution in [1.29, 1.82) is 0 Å². The van der Waals surface area contributed by atoms with Crippen molar-refractivity contribution in [2.24, 2.45) is 0 Å². The molecular formula is C15H14N4O4. The van der Waals surface area contributed by atoms with Crippen molar-refractivity contribution < 1.29 is 19.5 Å². The number of urea groups is 1.